The number of nitrogen functional groups attached to an aromatic ring is 1. The molecule has 3 N–H and O–H groups in total. The summed E-state index contributed by atoms with van der Waals surface area (Å²) >= 11 is 0. The summed E-state index contributed by atoms with van der Waals surface area (Å²) in [6, 6.07) is 0. The third-order valence-electron chi connectivity index (χ3n) is 3.30. The van der Waals surface area contributed by atoms with Crippen LogP contribution >= 0.6 is 0 Å². The van der Waals surface area contributed by atoms with E-state index in [1.807, 2.05) is 0 Å². The van der Waals surface area contributed by atoms with E-state index >= 15 is 0 Å². The fraction of sp³-hybridized carbons (Fsp3) is 0.417. The standard InChI is InChI=1S/C12H15F3N6O2S/c1-4-24(22,23)21-6(2)7(5-18-21)9-8(12(13,14)15)10(17-3)20-11(16)19-9/h5H,4H2,1-3H3,(H3,16,17,19,20). The first kappa shape index (κ1) is 18.0. The average Bonchev–Trinajstić information content (AvgIpc) is 2.87. The summed E-state index contributed by atoms with van der Waals surface area (Å²) < 4.78 is 64.9. The van der Waals surface area contributed by atoms with Crippen molar-refractivity contribution < 1.29 is 21.6 Å². The SMILES string of the molecule is CCS(=O)(=O)n1ncc(-c2nc(N)nc(NC)c2C(F)(F)F)c1C. The Balaban J connectivity index is 2.82. The van der Waals surface area contributed by atoms with E-state index in [1.54, 1.807) is 0 Å². The third-order valence-corrected chi connectivity index (χ3v) is 4.92. The molecule has 0 aliphatic heterocycles. The lowest BCUT2D eigenvalue weighted by atomic mass is 10.1. The molecular formula is C12H15F3N6O2S. The third kappa shape index (κ3) is 3.00. The van der Waals surface area contributed by atoms with E-state index in [9.17, 15) is 21.6 Å². The van der Waals surface area contributed by atoms with Gasteiger partial charge in [0.2, 0.25) is 5.95 Å². The van der Waals surface area contributed by atoms with Crippen molar-refractivity contribution in [3.05, 3.63) is 17.5 Å². The second kappa shape index (κ2) is 5.92. The van der Waals surface area contributed by atoms with E-state index in [-0.39, 0.29) is 23.0 Å². The summed E-state index contributed by atoms with van der Waals surface area (Å²) in [5.74, 6) is -1.14. The molecule has 0 unspecified atom stereocenters. The van der Waals surface area contributed by atoms with Crippen molar-refractivity contribution >= 4 is 21.8 Å². The molecule has 2 aromatic heterocycles. The largest absolute Gasteiger partial charge is 0.422 e. The van der Waals surface area contributed by atoms with Gasteiger partial charge in [-0.2, -0.15) is 27.3 Å². The first-order chi connectivity index (χ1) is 11.0. The quantitative estimate of drug-likeness (QED) is 0.844. The highest BCUT2D eigenvalue weighted by Crippen LogP contribution is 2.41. The summed E-state index contributed by atoms with van der Waals surface area (Å²) in [6.45, 7) is 2.74. The first-order valence-electron chi connectivity index (χ1n) is 6.73. The predicted octanol–water partition coefficient (Wildman–Crippen LogP) is 1.49. The molecule has 24 heavy (non-hydrogen) atoms. The molecule has 132 valence electrons. The summed E-state index contributed by atoms with van der Waals surface area (Å²) in [7, 11) is -2.49. The fourth-order valence-electron chi connectivity index (χ4n) is 2.15. The maximum atomic E-state index is 13.4. The number of nitrogens with zero attached hydrogens (tertiary/aromatic N) is 4. The monoisotopic (exact) mass is 364 g/mol. The molecule has 2 aromatic rings. The second-order valence-corrected chi connectivity index (χ2v) is 6.88. The first-order valence-corrected chi connectivity index (χ1v) is 8.34. The van der Waals surface area contributed by atoms with Gasteiger partial charge in [-0.25, -0.2) is 13.4 Å². The molecule has 0 aromatic carbocycles. The number of nitrogens with one attached hydrogen (secondary N) is 1. The number of nitrogens with two attached hydrogens (primary N) is 1. The Morgan fingerprint density at radius 1 is 1.33 bits per heavy atom. The van der Waals surface area contributed by atoms with Crippen LogP contribution in [0, 0.1) is 6.92 Å². The van der Waals surface area contributed by atoms with Crippen LogP contribution in [-0.2, 0) is 16.2 Å². The minimum atomic E-state index is -4.78. The maximum absolute atomic E-state index is 13.4. The molecule has 0 aliphatic carbocycles. The topological polar surface area (TPSA) is 116 Å². The zero-order valence-corrected chi connectivity index (χ0v) is 13.8. The van der Waals surface area contributed by atoms with Crippen molar-refractivity contribution in [1.29, 1.82) is 0 Å². The van der Waals surface area contributed by atoms with Gasteiger partial charge in [-0.3, -0.25) is 0 Å². The Bertz CT molecular complexity index is 876. The van der Waals surface area contributed by atoms with Crippen LogP contribution in [0.2, 0.25) is 0 Å². The zero-order valence-electron chi connectivity index (χ0n) is 13.0. The summed E-state index contributed by atoms with van der Waals surface area (Å²) in [5, 5.41) is 6.01. The van der Waals surface area contributed by atoms with Crippen LogP contribution in [0.3, 0.4) is 0 Å². The fourth-order valence-corrected chi connectivity index (χ4v) is 3.10. The van der Waals surface area contributed by atoms with Gasteiger partial charge in [0.15, 0.2) is 0 Å². The van der Waals surface area contributed by atoms with Crippen LogP contribution in [0.5, 0.6) is 0 Å². The van der Waals surface area contributed by atoms with Crippen molar-refractivity contribution in [2.45, 2.75) is 20.0 Å². The smallest absolute Gasteiger partial charge is 0.372 e. The van der Waals surface area contributed by atoms with Gasteiger partial charge >= 0.3 is 6.18 Å². The molecule has 0 fully saturated rings. The van der Waals surface area contributed by atoms with Gasteiger partial charge in [0, 0.05) is 12.6 Å². The van der Waals surface area contributed by atoms with Crippen LogP contribution in [0.1, 0.15) is 18.2 Å². The van der Waals surface area contributed by atoms with Crippen LogP contribution in [-0.4, -0.2) is 40.4 Å². The van der Waals surface area contributed by atoms with Crippen LogP contribution in [0.15, 0.2) is 6.20 Å². The lowest BCUT2D eigenvalue weighted by Gasteiger charge is -2.16. The number of hydrogen-bond donors (Lipinski definition) is 2. The van der Waals surface area contributed by atoms with E-state index in [2.05, 4.69) is 20.4 Å². The summed E-state index contributed by atoms with van der Waals surface area (Å²) in [5.41, 5.74) is 3.71. The molecular weight excluding hydrogens is 349 g/mol. The Kier molecular flexibility index (Phi) is 4.44. The minimum Gasteiger partial charge on any atom is -0.372 e. The second-order valence-electron chi connectivity index (χ2n) is 4.79. The average molecular weight is 364 g/mol. The highest BCUT2D eigenvalue weighted by atomic mass is 32.2. The Labute approximate surface area is 136 Å². The molecule has 0 spiro atoms. The molecule has 0 radical (unpaired) electrons. The molecule has 2 heterocycles. The zero-order chi connectivity index (χ0) is 18.3. The molecule has 0 bridgehead atoms. The normalized spacial score (nSPS) is 12.4. The van der Waals surface area contributed by atoms with Gasteiger partial charge in [-0.15, -0.1) is 0 Å². The van der Waals surface area contributed by atoms with Gasteiger partial charge in [0.1, 0.15) is 11.4 Å². The summed E-state index contributed by atoms with van der Waals surface area (Å²) in [6.07, 6.45) is -3.77. The van der Waals surface area contributed by atoms with E-state index in [0.29, 0.717) is 4.09 Å². The van der Waals surface area contributed by atoms with Crippen molar-refractivity contribution in [3.8, 4) is 11.3 Å². The Morgan fingerprint density at radius 3 is 2.46 bits per heavy atom. The van der Waals surface area contributed by atoms with E-state index in [0.717, 1.165) is 6.20 Å². The predicted molar refractivity (Wildman–Crippen MR) is 81.8 cm³/mol. The number of halogens is 3. The van der Waals surface area contributed by atoms with Gasteiger partial charge in [-0.1, -0.05) is 0 Å². The van der Waals surface area contributed by atoms with Crippen molar-refractivity contribution in [1.82, 2.24) is 19.2 Å². The van der Waals surface area contributed by atoms with Crippen LogP contribution < -0.4 is 11.1 Å². The van der Waals surface area contributed by atoms with Gasteiger partial charge < -0.3 is 11.1 Å². The molecule has 0 saturated heterocycles. The van der Waals surface area contributed by atoms with E-state index in [1.165, 1.54) is 20.9 Å². The van der Waals surface area contributed by atoms with Gasteiger partial charge in [0.05, 0.1) is 23.3 Å². The number of aromatic nitrogens is 4. The van der Waals surface area contributed by atoms with E-state index in [4.69, 9.17) is 5.73 Å². The van der Waals surface area contributed by atoms with Crippen molar-refractivity contribution in [2.24, 2.45) is 0 Å². The maximum Gasteiger partial charge on any atom is 0.422 e. The molecule has 0 aliphatic rings. The number of hydrogen-bond acceptors (Lipinski definition) is 7. The highest BCUT2D eigenvalue weighted by molar-refractivity contribution is 7.89. The van der Waals surface area contributed by atoms with Crippen molar-refractivity contribution in [2.75, 3.05) is 23.9 Å². The number of rotatable bonds is 4. The summed E-state index contributed by atoms with van der Waals surface area (Å²) in [4.78, 5) is 7.19. The number of alkyl halides is 3. The molecule has 2 rings (SSSR count). The Hall–Kier alpha value is -2.37. The van der Waals surface area contributed by atoms with Gasteiger partial charge in [-0.05, 0) is 13.8 Å². The Morgan fingerprint density at radius 2 is 1.96 bits per heavy atom. The highest BCUT2D eigenvalue weighted by Gasteiger charge is 2.39. The molecule has 0 amide bonds. The van der Waals surface area contributed by atoms with Crippen molar-refractivity contribution in [3.63, 3.8) is 0 Å². The molecule has 0 atom stereocenters. The molecule has 8 nitrogen and oxygen atoms in total. The molecule has 0 saturated carbocycles. The van der Waals surface area contributed by atoms with Gasteiger partial charge in [0.25, 0.3) is 10.0 Å². The lowest BCUT2D eigenvalue weighted by Crippen LogP contribution is -2.18. The molecule has 12 heteroatoms. The van der Waals surface area contributed by atoms with E-state index < -0.39 is 33.3 Å². The minimum absolute atomic E-state index is 0.00232. The van der Waals surface area contributed by atoms with Crippen LogP contribution in [0.25, 0.3) is 11.3 Å². The number of anilines is 2. The lowest BCUT2D eigenvalue weighted by molar-refractivity contribution is -0.136. The van der Waals surface area contributed by atoms with Crippen LogP contribution in [0.4, 0.5) is 24.9 Å².